The molecular formula is C15H30N2O4. The monoisotopic (exact) mass is 302 g/mol. The molecule has 0 aromatic heterocycles. The normalized spacial score (nSPS) is 11.9. The minimum absolute atomic E-state index is 0.0412. The molecule has 0 fully saturated rings. The fourth-order valence-corrected chi connectivity index (χ4v) is 2.01. The van der Waals surface area contributed by atoms with E-state index < -0.39 is 18.0 Å². The van der Waals surface area contributed by atoms with Gasteiger partial charge in [-0.25, -0.2) is 9.59 Å². The number of carboxylic acids is 1. The number of nitrogens with one attached hydrogen (secondary N) is 2. The Labute approximate surface area is 127 Å². The van der Waals surface area contributed by atoms with Crippen LogP contribution in [0.3, 0.4) is 0 Å². The molecule has 6 heteroatoms. The molecule has 21 heavy (non-hydrogen) atoms. The molecule has 1 atom stereocenters. The summed E-state index contributed by atoms with van der Waals surface area (Å²) in [5.41, 5.74) is 0. The van der Waals surface area contributed by atoms with Crippen LogP contribution in [0, 0.1) is 0 Å². The maximum Gasteiger partial charge on any atom is 0.328 e. The number of carbonyl (C=O) groups excluding carboxylic acids is 1. The third-order valence-electron chi connectivity index (χ3n) is 3.25. The van der Waals surface area contributed by atoms with Gasteiger partial charge in [-0.3, -0.25) is 0 Å². The number of unbranched alkanes of at least 4 members (excludes halogenated alkanes) is 7. The van der Waals surface area contributed by atoms with Crippen LogP contribution in [0.4, 0.5) is 4.79 Å². The zero-order valence-corrected chi connectivity index (χ0v) is 13.3. The smallest absolute Gasteiger partial charge is 0.328 e. The Morgan fingerprint density at radius 2 is 1.62 bits per heavy atom. The van der Waals surface area contributed by atoms with Crippen LogP contribution in [-0.2, 0) is 9.53 Å². The van der Waals surface area contributed by atoms with Crippen LogP contribution >= 0.6 is 0 Å². The van der Waals surface area contributed by atoms with E-state index in [9.17, 15) is 9.59 Å². The first-order valence-corrected chi connectivity index (χ1v) is 7.88. The summed E-state index contributed by atoms with van der Waals surface area (Å²) in [5, 5.41) is 13.9. The molecule has 0 aliphatic carbocycles. The van der Waals surface area contributed by atoms with E-state index in [1.54, 1.807) is 0 Å². The maximum atomic E-state index is 11.5. The Kier molecular flexibility index (Phi) is 12.8. The summed E-state index contributed by atoms with van der Waals surface area (Å²) < 4.78 is 4.74. The van der Waals surface area contributed by atoms with E-state index in [4.69, 9.17) is 9.84 Å². The molecule has 0 spiro atoms. The minimum Gasteiger partial charge on any atom is -0.480 e. The first-order chi connectivity index (χ1) is 10.1. The first-order valence-electron chi connectivity index (χ1n) is 7.88. The Bertz CT molecular complexity index is 285. The molecule has 1 unspecified atom stereocenters. The van der Waals surface area contributed by atoms with Crippen molar-refractivity contribution in [1.29, 1.82) is 0 Å². The number of ether oxygens (including phenoxy) is 1. The summed E-state index contributed by atoms with van der Waals surface area (Å²) in [6.07, 6.45) is 9.63. The second-order valence-electron chi connectivity index (χ2n) is 5.22. The number of carboxylic acid groups (broad SMARTS) is 1. The van der Waals surface area contributed by atoms with Crippen LogP contribution < -0.4 is 10.6 Å². The third kappa shape index (κ3) is 12.2. The number of urea groups is 1. The number of amides is 2. The molecule has 0 saturated heterocycles. The number of aliphatic carboxylic acids is 1. The predicted octanol–water partition coefficient (Wildman–Crippen LogP) is 2.53. The van der Waals surface area contributed by atoms with Gasteiger partial charge in [0.1, 0.15) is 0 Å². The maximum absolute atomic E-state index is 11.5. The largest absolute Gasteiger partial charge is 0.480 e. The van der Waals surface area contributed by atoms with E-state index in [1.807, 2.05) is 0 Å². The van der Waals surface area contributed by atoms with E-state index in [0.29, 0.717) is 6.54 Å². The highest BCUT2D eigenvalue weighted by Gasteiger charge is 2.19. The molecule has 0 heterocycles. The van der Waals surface area contributed by atoms with Gasteiger partial charge in [0, 0.05) is 13.7 Å². The van der Waals surface area contributed by atoms with Gasteiger partial charge in [0.05, 0.1) is 6.61 Å². The second-order valence-corrected chi connectivity index (χ2v) is 5.22. The van der Waals surface area contributed by atoms with Crippen LogP contribution in [0.15, 0.2) is 0 Å². The molecule has 0 aromatic carbocycles. The van der Waals surface area contributed by atoms with E-state index >= 15 is 0 Å². The number of rotatable bonds is 13. The van der Waals surface area contributed by atoms with E-state index in [1.165, 1.54) is 45.6 Å². The van der Waals surface area contributed by atoms with Gasteiger partial charge in [-0.05, 0) is 6.42 Å². The fourth-order valence-electron chi connectivity index (χ4n) is 2.01. The van der Waals surface area contributed by atoms with Crippen molar-refractivity contribution in [2.45, 2.75) is 64.3 Å². The second kappa shape index (κ2) is 13.7. The van der Waals surface area contributed by atoms with Crippen LogP contribution in [0.5, 0.6) is 0 Å². The number of carbonyl (C=O) groups is 2. The molecule has 2 amide bonds. The number of hydrogen-bond acceptors (Lipinski definition) is 3. The van der Waals surface area contributed by atoms with Crippen molar-refractivity contribution in [3.8, 4) is 0 Å². The molecule has 3 N–H and O–H groups in total. The first kappa shape index (κ1) is 19.7. The Balaban J connectivity index is 3.50. The van der Waals surface area contributed by atoms with Gasteiger partial charge in [-0.1, -0.05) is 51.9 Å². The summed E-state index contributed by atoms with van der Waals surface area (Å²) in [6, 6.07) is -1.46. The van der Waals surface area contributed by atoms with Crippen molar-refractivity contribution in [1.82, 2.24) is 10.6 Å². The Morgan fingerprint density at radius 1 is 1.05 bits per heavy atom. The quantitative estimate of drug-likeness (QED) is 0.456. The van der Waals surface area contributed by atoms with Crippen molar-refractivity contribution >= 4 is 12.0 Å². The average molecular weight is 302 g/mol. The minimum atomic E-state index is -1.10. The molecule has 0 bridgehead atoms. The van der Waals surface area contributed by atoms with Crippen LogP contribution in [0.2, 0.25) is 0 Å². The zero-order chi connectivity index (χ0) is 15.9. The van der Waals surface area contributed by atoms with E-state index in [2.05, 4.69) is 17.6 Å². The average Bonchev–Trinajstić information content (AvgIpc) is 2.45. The SMILES string of the molecule is CCCCCCCCCCNC(=O)NC(COC)C(=O)O. The predicted molar refractivity (Wildman–Crippen MR) is 82.4 cm³/mol. The lowest BCUT2D eigenvalue weighted by Crippen LogP contribution is -2.48. The van der Waals surface area contributed by atoms with Crippen LogP contribution in [0.1, 0.15) is 58.3 Å². The van der Waals surface area contributed by atoms with Crippen LogP contribution in [0.25, 0.3) is 0 Å². The topological polar surface area (TPSA) is 87.7 Å². The molecular weight excluding hydrogens is 272 g/mol. The van der Waals surface area contributed by atoms with Crippen LogP contribution in [-0.4, -0.2) is 43.4 Å². The Morgan fingerprint density at radius 3 is 2.14 bits per heavy atom. The highest BCUT2D eigenvalue weighted by molar-refractivity contribution is 5.82. The Hall–Kier alpha value is -1.30. The summed E-state index contributed by atoms with van der Waals surface area (Å²) in [4.78, 5) is 22.3. The molecule has 0 aromatic rings. The lowest BCUT2D eigenvalue weighted by Gasteiger charge is -2.14. The fraction of sp³-hybridized carbons (Fsp3) is 0.867. The molecule has 0 aliphatic heterocycles. The standard InChI is InChI=1S/C15H30N2O4/c1-3-4-5-6-7-8-9-10-11-16-15(20)17-13(12-21-2)14(18)19/h13H,3-12H2,1-2H3,(H,18,19)(H2,16,17,20). The summed E-state index contributed by atoms with van der Waals surface area (Å²) in [5.74, 6) is -1.10. The number of hydrogen-bond donors (Lipinski definition) is 3. The molecule has 0 radical (unpaired) electrons. The zero-order valence-electron chi connectivity index (χ0n) is 13.3. The molecule has 0 aliphatic rings. The van der Waals surface area contributed by atoms with Gasteiger partial charge in [0.15, 0.2) is 6.04 Å². The number of methoxy groups -OCH3 is 1. The van der Waals surface area contributed by atoms with E-state index in [0.717, 1.165) is 12.8 Å². The van der Waals surface area contributed by atoms with Crippen molar-refractivity contribution < 1.29 is 19.4 Å². The summed E-state index contributed by atoms with van der Waals surface area (Å²) in [7, 11) is 1.40. The van der Waals surface area contributed by atoms with Crippen molar-refractivity contribution in [3.63, 3.8) is 0 Å². The van der Waals surface area contributed by atoms with Gasteiger partial charge in [-0.15, -0.1) is 0 Å². The van der Waals surface area contributed by atoms with Crippen molar-refractivity contribution in [3.05, 3.63) is 0 Å². The highest BCUT2D eigenvalue weighted by atomic mass is 16.5. The lowest BCUT2D eigenvalue weighted by atomic mass is 10.1. The summed E-state index contributed by atoms with van der Waals surface area (Å²) >= 11 is 0. The third-order valence-corrected chi connectivity index (χ3v) is 3.25. The van der Waals surface area contributed by atoms with E-state index in [-0.39, 0.29) is 6.61 Å². The molecule has 0 saturated carbocycles. The van der Waals surface area contributed by atoms with Gasteiger partial charge in [0.2, 0.25) is 0 Å². The van der Waals surface area contributed by atoms with Crippen molar-refractivity contribution in [2.24, 2.45) is 0 Å². The molecule has 0 rings (SSSR count). The van der Waals surface area contributed by atoms with Gasteiger partial charge in [-0.2, -0.15) is 0 Å². The molecule has 6 nitrogen and oxygen atoms in total. The highest BCUT2D eigenvalue weighted by Crippen LogP contribution is 2.07. The van der Waals surface area contributed by atoms with Gasteiger partial charge >= 0.3 is 12.0 Å². The van der Waals surface area contributed by atoms with Gasteiger partial charge in [0.25, 0.3) is 0 Å². The van der Waals surface area contributed by atoms with Gasteiger partial charge < -0.3 is 20.5 Å². The summed E-state index contributed by atoms with van der Waals surface area (Å²) in [6.45, 7) is 2.74. The lowest BCUT2D eigenvalue weighted by molar-refractivity contribution is -0.140. The molecule has 124 valence electrons. The van der Waals surface area contributed by atoms with Crippen molar-refractivity contribution in [2.75, 3.05) is 20.3 Å².